The van der Waals surface area contributed by atoms with Gasteiger partial charge >= 0.3 is 12.1 Å². The lowest BCUT2D eigenvalue weighted by Gasteiger charge is -2.40. The normalized spacial score (nSPS) is 15.0. The minimum absolute atomic E-state index is 0.210. The summed E-state index contributed by atoms with van der Waals surface area (Å²) in [6, 6.07) is 9.93. The first-order valence-electron chi connectivity index (χ1n) is 7.82. The molecule has 1 saturated heterocycles. The number of carbonyl (C=O) groups is 1. The molecule has 0 amide bonds. The maximum atomic E-state index is 12.8. The molecule has 1 aromatic heterocycles. The van der Waals surface area contributed by atoms with Crippen molar-refractivity contribution in [3.63, 3.8) is 0 Å². The molecule has 0 radical (unpaired) electrons. The lowest BCUT2D eigenvalue weighted by Crippen LogP contribution is -2.47. The summed E-state index contributed by atoms with van der Waals surface area (Å²) in [7, 11) is 1.38. The van der Waals surface area contributed by atoms with Gasteiger partial charge in [-0.1, -0.05) is 12.1 Å². The number of ether oxygens (including phenoxy) is 1. The smallest absolute Gasteiger partial charge is 0.433 e. The fourth-order valence-corrected chi connectivity index (χ4v) is 2.86. The van der Waals surface area contributed by atoms with Crippen LogP contribution >= 0.6 is 0 Å². The number of rotatable bonds is 4. The van der Waals surface area contributed by atoms with Gasteiger partial charge in [0.2, 0.25) is 0 Å². The third kappa shape index (κ3) is 3.92. The van der Waals surface area contributed by atoms with Crippen LogP contribution in [0.1, 0.15) is 12.1 Å². The molecule has 0 spiro atoms. The summed E-state index contributed by atoms with van der Waals surface area (Å²) in [5, 5.41) is 0. The van der Waals surface area contributed by atoms with Crippen molar-refractivity contribution in [1.82, 2.24) is 4.98 Å². The van der Waals surface area contributed by atoms with Crippen molar-refractivity contribution in [3.8, 4) is 11.1 Å². The van der Waals surface area contributed by atoms with E-state index in [1.807, 2.05) is 12.1 Å². The third-order valence-corrected chi connectivity index (χ3v) is 4.26. The number of hydrogen-bond acceptors (Lipinski definition) is 4. The molecule has 25 heavy (non-hydrogen) atoms. The number of nitrogens with zero attached hydrogens (tertiary/aromatic N) is 2. The number of anilines is 1. The quantitative estimate of drug-likeness (QED) is 0.788. The SMILES string of the molecule is COC(=O)CC1CN(c2ccc(-c3ccnc(C(F)(F)F)c3)cc2)C1. The highest BCUT2D eigenvalue weighted by Gasteiger charge is 2.32. The van der Waals surface area contributed by atoms with Gasteiger partial charge in [0.05, 0.1) is 13.5 Å². The molecular formula is C18H17F3N2O2. The Balaban J connectivity index is 1.67. The van der Waals surface area contributed by atoms with E-state index in [2.05, 4.69) is 14.6 Å². The standard InChI is InChI=1S/C18H17F3N2O2/c1-25-17(24)8-12-10-23(11-12)15-4-2-13(3-5-15)14-6-7-22-16(9-14)18(19,20)21/h2-7,9,12H,8,10-11H2,1H3. The fraction of sp³-hybridized carbons (Fsp3) is 0.333. The van der Waals surface area contributed by atoms with Crippen molar-refractivity contribution in [2.24, 2.45) is 5.92 Å². The van der Waals surface area contributed by atoms with E-state index in [9.17, 15) is 18.0 Å². The van der Waals surface area contributed by atoms with Crippen LogP contribution in [0.15, 0.2) is 42.6 Å². The van der Waals surface area contributed by atoms with Gasteiger partial charge in [0.25, 0.3) is 0 Å². The van der Waals surface area contributed by atoms with Crippen molar-refractivity contribution < 1.29 is 22.7 Å². The minimum Gasteiger partial charge on any atom is -0.469 e. The van der Waals surface area contributed by atoms with E-state index in [0.29, 0.717) is 17.5 Å². The number of methoxy groups -OCH3 is 1. The number of alkyl halides is 3. The Hall–Kier alpha value is -2.57. The van der Waals surface area contributed by atoms with Crippen LogP contribution < -0.4 is 4.90 Å². The van der Waals surface area contributed by atoms with Crippen LogP contribution in [0.2, 0.25) is 0 Å². The van der Waals surface area contributed by atoms with E-state index >= 15 is 0 Å². The van der Waals surface area contributed by atoms with Gasteiger partial charge in [0.15, 0.2) is 0 Å². The molecule has 1 aliphatic rings. The van der Waals surface area contributed by atoms with Crippen molar-refractivity contribution in [2.75, 3.05) is 25.1 Å². The molecule has 0 unspecified atom stereocenters. The van der Waals surface area contributed by atoms with Gasteiger partial charge < -0.3 is 9.64 Å². The molecule has 0 atom stereocenters. The molecule has 0 N–H and O–H groups in total. The molecule has 1 aliphatic heterocycles. The number of benzene rings is 1. The van der Waals surface area contributed by atoms with E-state index in [-0.39, 0.29) is 11.9 Å². The second-order valence-electron chi connectivity index (χ2n) is 6.03. The topological polar surface area (TPSA) is 42.4 Å². The van der Waals surface area contributed by atoms with E-state index in [4.69, 9.17) is 0 Å². The number of aromatic nitrogens is 1. The van der Waals surface area contributed by atoms with E-state index in [1.165, 1.54) is 13.3 Å². The summed E-state index contributed by atoms with van der Waals surface area (Å²) >= 11 is 0. The van der Waals surface area contributed by atoms with Crippen molar-refractivity contribution in [3.05, 3.63) is 48.3 Å². The van der Waals surface area contributed by atoms with Crippen molar-refractivity contribution in [2.45, 2.75) is 12.6 Å². The van der Waals surface area contributed by atoms with Crippen LogP contribution in [0.5, 0.6) is 0 Å². The molecule has 1 aromatic carbocycles. The molecule has 0 bridgehead atoms. The van der Waals surface area contributed by atoms with Crippen LogP contribution in [0.3, 0.4) is 0 Å². The number of pyridine rings is 1. The number of hydrogen-bond donors (Lipinski definition) is 0. The van der Waals surface area contributed by atoms with Crippen LogP contribution in [0.25, 0.3) is 11.1 Å². The Kier molecular flexibility index (Phi) is 4.65. The zero-order valence-corrected chi connectivity index (χ0v) is 13.6. The average Bonchev–Trinajstić information content (AvgIpc) is 2.57. The zero-order valence-electron chi connectivity index (χ0n) is 13.6. The summed E-state index contributed by atoms with van der Waals surface area (Å²) in [4.78, 5) is 16.7. The fourth-order valence-electron chi connectivity index (χ4n) is 2.86. The van der Waals surface area contributed by atoms with Crippen molar-refractivity contribution in [1.29, 1.82) is 0 Å². The molecule has 1 fully saturated rings. The number of halogens is 3. The van der Waals surface area contributed by atoms with Gasteiger partial charge in [0.1, 0.15) is 5.69 Å². The highest BCUT2D eigenvalue weighted by atomic mass is 19.4. The van der Waals surface area contributed by atoms with E-state index in [0.717, 1.165) is 24.8 Å². The molecule has 2 heterocycles. The summed E-state index contributed by atoms with van der Waals surface area (Å²) in [5.41, 5.74) is 1.25. The monoisotopic (exact) mass is 350 g/mol. The van der Waals surface area contributed by atoms with Crippen LogP contribution in [-0.4, -0.2) is 31.2 Å². The maximum absolute atomic E-state index is 12.8. The van der Waals surface area contributed by atoms with Gasteiger partial charge in [0, 0.05) is 30.9 Å². The Morgan fingerprint density at radius 3 is 2.48 bits per heavy atom. The molecule has 3 rings (SSSR count). The van der Waals surface area contributed by atoms with Gasteiger partial charge in [-0.15, -0.1) is 0 Å². The van der Waals surface area contributed by atoms with Gasteiger partial charge in [-0.25, -0.2) is 0 Å². The van der Waals surface area contributed by atoms with Crippen LogP contribution in [0, 0.1) is 5.92 Å². The molecule has 0 aliphatic carbocycles. The lowest BCUT2D eigenvalue weighted by atomic mass is 9.95. The Morgan fingerprint density at radius 1 is 1.20 bits per heavy atom. The van der Waals surface area contributed by atoms with Gasteiger partial charge in [-0.2, -0.15) is 13.2 Å². The Bertz CT molecular complexity index is 754. The molecule has 0 saturated carbocycles. The molecule has 2 aromatic rings. The van der Waals surface area contributed by atoms with E-state index < -0.39 is 11.9 Å². The zero-order chi connectivity index (χ0) is 18.0. The first kappa shape index (κ1) is 17.3. The van der Waals surface area contributed by atoms with Crippen LogP contribution in [-0.2, 0) is 15.7 Å². The first-order chi connectivity index (χ1) is 11.9. The van der Waals surface area contributed by atoms with Crippen LogP contribution in [0.4, 0.5) is 18.9 Å². The molecular weight excluding hydrogens is 333 g/mol. The molecule has 132 valence electrons. The van der Waals surface area contributed by atoms with Gasteiger partial charge in [-0.05, 0) is 35.4 Å². The molecule has 7 heteroatoms. The third-order valence-electron chi connectivity index (χ3n) is 4.26. The lowest BCUT2D eigenvalue weighted by molar-refractivity contribution is -0.142. The second kappa shape index (κ2) is 6.74. The Morgan fingerprint density at radius 2 is 1.88 bits per heavy atom. The molecule has 4 nitrogen and oxygen atoms in total. The second-order valence-corrected chi connectivity index (χ2v) is 6.03. The predicted molar refractivity (Wildman–Crippen MR) is 87.0 cm³/mol. The summed E-state index contributed by atoms with van der Waals surface area (Å²) in [5.74, 6) is 0.0693. The average molecular weight is 350 g/mol. The van der Waals surface area contributed by atoms with Gasteiger partial charge in [-0.3, -0.25) is 9.78 Å². The highest BCUT2D eigenvalue weighted by molar-refractivity contribution is 5.70. The minimum atomic E-state index is -4.46. The van der Waals surface area contributed by atoms with Crippen molar-refractivity contribution >= 4 is 11.7 Å². The first-order valence-corrected chi connectivity index (χ1v) is 7.82. The highest BCUT2D eigenvalue weighted by Crippen LogP contribution is 2.32. The predicted octanol–water partition coefficient (Wildman–Crippen LogP) is 3.77. The van der Waals surface area contributed by atoms with E-state index in [1.54, 1.807) is 18.2 Å². The largest absolute Gasteiger partial charge is 0.469 e. The number of carbonyl (C=O) groups excluding carboxylic acids is 1. The summed E-state index contributed by atoms with van der Waals surface area (Å²) in [6.07, 6.45) is -2.89. The Labute approximate surface area is 143 Å². The summed E-state index contributed by atoms with van der Waals surface area (Å²) < 4.78 is 42.9. The number of esters is 1. The maximum Gasteiger partial charge on any atom is 0.433 e. The summed E-state index contributed by atoms with van der Waals surface area (Å²) in [6.45, 7) is 1.53.